The van der Waals surface area contributed by atoms with Crippen molar-refractivity contribution < 1.29 is 19.5 Å². The number of ketones is 2. The molecule has 0 aliphatic rings. The van der Waals surface area contributed by atoms with E-state index in [1.54, 1.807) is 18.2 Å². The Labute approximate surface area is 115 Å². The normalized spacial score (nSPS) is 10.0. The number of hydrogen-bond donors (Lipinski definition) is 1. The number of rotatable bonds is 5. The summed E-state index contributed by atoms with van der Waals surface area (Å²) in [5, 5.41) is 8.51. The van der Waals surface area contributed by atoms with Gasteiger partial charge < -0.3 is 5.11 Å². The lowest BCUT2D eigenvalue weighted by Gasteiger charge is -2.04. The van der Waals surface area contributed by atoms with Crippen molar-refractivity contribution in [2.24, 2.45) is 0 Å². The Kier molecular flexibility index (Phi) is 4.05. The van der Waals surface area contributed by atoms with Crippen LogP contribution in [0.1, 0.15) is 16.8 Å². The van der Waals surface area contributed by atoms with Crippen molar-refractivity contribution in [1.29, 1.82) is 0 Å². The summed E-state index contributed by atoms with van der Waals surface area (Å²) in [7, 11) is 0. The Hall–Kier alpha value is -2.75. The van der Waals surface area contributed by atoms with E-state index in [-0.39, 0.29) is 0 Å². The van der Waals surface area contributed by atoms with Gasteiger partial charge in [-0.2, -0.15) is 0 Å². The lowest BCUT2D eigenvalue weighted by atomic mass is 9.99. The summed E-state index contributed by atoms with van der Waals surface area (Å²) >= 11 is 0. The largest absolute Gasteiger partial charge is 0.475 e. The maximum absolute atomic E-state index is 11.9. The maximum atomic E-state index is 11.9. The molecule has 0 atom stereocenters. The van der Waals surface area contributed by atoms with Crippen LogP contribution in [0.25, 0.3) is 11.1 Å². The number of carboxylic acid groups (broad SMARTS) is 1. The summed E-state index contributed by atoms with van der Waals surface area (Å²) in [4.78, 5) is 33.4. The highest BCUT2D eigenvalue weighted by atomic mass is 16.4. The summed E-state index contributed by atoms with van der Waals surface area (Å²) in [5.74, 6) is -3.17. The Bertz CT molecular complexity index is 659. The summed E-state index contributed by atoms with van der Waals surface area (Å²) in [6.07, 6.45) is -0.617. The van der Waals surface area contributed by atoms with Crippen molar-refractivity contribution >= 4 is 17.5 Å². The first-order valence-corrected chi connectivity index (χ1v) is 6.03. The first-order chi connectivity index (χ1) is 9.58. The van der Waals surface area contributed by atoms with Crippen molar-refractivity contribution in [2.45, 2.75) is 6.42 Å². The number of carboxylic acids is 1. The fraction of sp³-hybridized carbons (Fsp3) is 0.0625. The third-order valence-electron chi connectivity index (χ3n) is 2.85. The van der Waals surface area contributed by atoms with Gasteiger partial charge in [-0.1, -0.05) is 48.5 Å². The summed E-state index contributed by atoms with van der Waals surface area (Å²) in [5.41, 5.74) is 2.13. The fourth-order valence-electron chi connectivity index (χ4n) is 1.83. The van der Waals surface area contributed by atoms with Crippen LogP contribution in [0.15, 0.2) is 54.6 Å². The molecule has 4 heteroatoms. The van der Waals surface area contributed by atoms with Gasteiger partial charge in [-0.15, -0.1) is 0 Å². The Morgan fingerprint density at radius 1 is 0.850 bits per heavy atom. The number of aliphatic carboxylic acids is 1. The molecule has 20 heavy (non-hydrogen) atoms. The van der Waals surface area contributed by atoms with Gasteiger partial charge in [-0.3, -0.25) is 9.59 Å². The molecule has 1 N–H and O–H groups in total. The quantitative estimate of drug-likeness (QED) is 0.514. The molecule has 0 aliphatic carbocycles. The molecule has 0 saturated heterocycles. The molecule has 0 unspecified atom stereocenters. The SMILES string of the molecule is O=C(O)C(=O)CC(=O)c1cccc(-c2ccccc2)c1. The van der Waals surface area contributed by atoms with E-state index in [1.165, 1.54) is 0 Å². The van der Waals surface area contributed by atoms with Crippen LogP contribution >= 0.6 is 0 Å². The minimum atomic E-state index is -1.59. The molecule has 0 radical (unpaired) electrons. The van der Waals surface area contributed by atoms with Crippen molar-refractivity contribution in [3.63, 3.8) is 0 Å². The van der Waals surface area contributed by atoms with Gasteiger partial charge in [0.25, 0.3) is 0 Å². The molecule has 0 spiro atoms. The van der Waals surface area contributed by atoms with E-state index in [9.17, 15) is 14.4 Å². The van der Waals surface area contributed by atoms with E-state index >= 15 is 0 Å². The minimum absolute atomic E-state index is 0.334. The number of hydrogen-bond acceptors (Lipinski definition) is 3. The molecular formula is C16H12O4. The second-order valence-corrected chi connectivity index (χ2v) is 4.28. The van der Waals surface area contributed by atoms with Crippen LogP contribution in [-0.4, -0.2) is 22.6 Å². The number of Topliss-reactive ketones (excluding diaryl/α,β-unsaturated/α-hetero) is 2. The van der Waals surface area contributed by atoms with Crippen LogP contribution < -0.4 is 0 Å². The minimum Gasteiger partial charge on any atom is -0.475 e. The van der Waals surface area contributed by atoms with Crippen LogP contribution in [0.5, 0.6) is 0 Å². The smallest absolute Gasteiger partial charge is 0.372 e. The van der Waals surface area contributed by atoms with E-state index in [1.807, 2.05) is 36.4 Å². The standard InChI is InChI=1S/C16H12O4/c17-14(10-15(18)16(19)20)13-8-4-7-12(9-13)11-5-2-1-3-6-11/h1-9H,10H2,(H,19,20). The summed E-state index contributed by atoms with van der Waals surface area (Å²) in [6.45, 7) is 0. The molecule has 2 aromatic rings. The summed E-state index contributed by atoms with van der Waals surface area (Å²) in [6, 6.07) is 16.3. The van der Waals surface area contributed by atoms with Crippen LogP contribution in [0.3, 0.4) is 0 Å². The predicted octanol–water partition coefficient (Wildman–Crippen LogP) is 2.58. The zero-order chi connectivity index (χ0) is 14.5. The Morgan fingerprint density at radius 3 is 2.15 bits per heavy atom. The van der Waals surface area contributed by atoms with Gasteiger partial charge in [0, 0.05) is 5.56 Å². The number of benzene rings is 2. The van der Waals surface area contributed by atoms with Gasteiger partial charge in [-0.25, -0.2) is 4.79 Å². The molecule has 2 aromatic carbocycles. The molecule has 0 aliphatic heterocycles. The van der Waals surface area contributed by atoms with Crippen molar-refractivity contribution in [3.8, 4) is 11.1 Å². The van der Waals surface area contributed by atoms with Gasteiger partial charge >= 0.3 is 5.97 Å². The molecule has 0 heterocycles. The van der Waals surface area contributed by atoms with Crippen LogP contribution in [0.2, 0.25) is 0 Å². The molecule has 4 nitrogen and oxygen atoms in total. The van der Waals surface area contributed by atoms with Gasteiger partial charge in [-0.05, 0) is 17.2 Å². The third-order valence-corrected chi connectivity index (χ3v) is 2.85. The van der Waals surface area contributed by atoms with Crippen LogP contribution in [-0.2, 0) is 9.59 Å². The lowest BCUT2D eigenvalue weighted by molar-refractivity contribution is -0.148. The van der Waals surface area contributed by atoms with Crippen LogP contribution in [0.4, 0.5) is 0 Å². The second-order valence-electron chi connectivity index (χ2n) is 4.28. The summed E-state index contributed by atoms with van der Waals surface area (Å²) < 4.78 is 0. The number of carbonyl (C=O) groups excluding carboxylic acids is 2. The van der Waals surface area contributed by atoms with Gasteiger partial charge in [0.2, 0.25) is 5.78 Å². The lowest BCUT2D eigenvalue weighted by Crippen LogP contribution is -2.17. The van der Waals surface area contributed by atoms with Crippen molar-refractivity contribution in [3.05, 3.63) is 60.2 Å². The highest BCUT2D eigenvalue weighted by Crippen LogP contribution is 2.20. The molecule has 0 amide bonds. The van der Waals surface area contributed by atoms with Crippen molar-refractivity contribution in [1.82, 2.24) is 0 Å². The highest BCUT2D eigenvalue weighted by molar-refractivity contribution is 6.37. The fourth-order valence-corrected chi connectivity index (χ4v) is 1.83. The van der Waals surface area contributed by atoms with Gasteiger partial charge in [0.05, 0.1) is 6.42 Å². The van der Waals surface area contributed by atoms with E-state index < -0.39 is 24.0 Å². The van der Waals surface area contributed by atoms with E-state index in [4.69, 9.17) is 5.11 Å². The molecule has 2 rings (SSSR count). The van der Waals surface area contributed by atoms with E-state index in [0.717, 1.165) is 11.1 Å². The topological polar surface area (TPSA) is 71.4 Å². The molecule has 0 saturated carbocycles. The zero-order valence-corrected chi connectivity index (χ0v) is 10.6. The Balaban J connectivity index is 2.24. The highest BCUT2D eigenvalue weighted by Gasteiger charge is 2.17. The third kappa shape index (κ3) is 3.17. The van der Waals surface area contributed by atoms with Crippen LogP contribution in [0, 0.1) is 0 Å². The van der Waals surface area contributed by atoms with Crippen molar-refractivity contribution in [2.75, 3.05) is 0 Å². The second kappa shape index (κ2) is 5.93. The Morgan fingerprint density at radius 2 is 1.50 bits per heavy atom. The molecular weight excluding hydrogens is 256 g/mol. The monoisotopic (exact) mass is 268 g/mol. The first-order valence-electron chi connectivity index (χ1n) is 6.03. The average Bonchev–Trinajstić information content (AvgIpc) is 2.48. The molecule has 100 valence electrons. The zero-order valence-electron chi connectivity index (χ0n) is 10.6. The van der Waals surface area contributed by atoms with Gasteiger partial charge in [0.15, 0.2) is 5.78 Å². The first kappa shape index (κ1) is 13.7. The average molecular weight is 268 g/mol. The maximum Gasteiger partial charge on any atom is 0.372 e. The number of carbonyl (C=O) groups is 3. The van der Waals surface area contributed by atoms with E-state index in [0.29, 0.717) is 5.56 Å². The molecule has 0 fully saturated rings. The predicted molar refractivity (Wildman–Crippen MR) is 73.5 cm³/mol. The molecule has 0 bridgehead atoms. The molecule has 0 aromatic heterocycles. The van der Waals surface area contributed by atoms with Gasteiger partial charge in [0.1, 0.15) is 0 Å². The van der Waals surface area contributed by atoms with E-state index in [2.05, 4.69) is 0 Å².